The van der Waals surface area contributed by atoms with Crippen molar-refractivity contribution in [1.29, 1.82) is 0 Å². The molecular formula is C54H34N2. The van der Waals surface area contributed by atoms with Crippen LogP contribution in [0.1, 0.15) is 0 Å². The Hall–Kier alpha value is -7.42. The Morgan fingerprint density at radius 2 is 0.679 bits per heavy atom. The molecule has 0 N–H and O–H groups in total. The molecule has 0 fully saturated rings. The lowest BCUT2D eigenvalue weighted by atomic mass is 9.91. The molecule has 12 rings (SSSR count). The first-order valence-electron chi connectivity index (χ1n) is 19.4. The molecule has 0 radical (unpaired) electrons. The summed E-state index contributed by atoms with van der Waals surface area (Å²) in [5, 5.41) is 12.6. The van der Waals surface area contributed by atoms with Gasteiger partial charge in [0.05, 0.1) is 27.8 Å². The van der Waals surface area contributed by atoms with E-state index in [1.54, 1.807) is 0 Å². The molecule has 2 nitrogen and oxygen atoms in total. The predicted octanol–water partition coefficient (Wildman–Crippen LogP) is 14.7. The van der Waals surface area contributed by atoms with E-state index in [4.69, 9.17) is 0 Å². The lowest BCUT2D eigenvalue weighted by Gasteiger charge is -2.17. The molecule has 0 spiro atoms. The molecule has 0 saturated heterocycles. The van der Waals surface area contributed by atoms with Gasteiger partial charge in [-0.3, -0.25) is 0 Å². The van der Waals surface area contributed by atoms with Crippen LogP contribution in [0, 0.1) is 0 Å². The Bertz CT molecular complexity index is 3510. The highest BCUT2D eigenvalue weighted by atomic mass is 15.0. The number of nitrogens with zero attached hydrogens (tertiary/aromatic N) is 2. The van der Waals surface area contributed by atoms with Crippen LogP contribution in [-0.4, -0.2) is 9.13 Å². The van der Waals surface area contributed by atoms with Gasteiger partial charge in [0.15, 0.2) is 0 Å². The molecule has 0 aliphatic heterocycles. The maximum absolute atomic E-state index is 2.50. The largest absolute Gasteiger partial charge is 0.309 e. The van der Waals surface area contributed by atoms with Gasteiger partial charge in [-0.05, 0) is 110 Å². The van der Waals surface area contributed by atoms with Gasteiger partial charge < -0.3 is 9.13 Å². The van der Waals surface area contributed by atoms with Gasteiger partial charge in [0.2, 0.25) is 0 Å². The third-order valence-electron chi connectivity index (χ3n) is 11.9. The van der Waals surface area contributed by atoms with Gasteiger partial charge in [-0.1, -0.05) is 146 Å². The van der Waals surface area contributed by atoms with Crippen molar-refractivity contribution in [3.05, 3.63) is 206 Å². The topological polar surface area (TPSA) is 9.86 Å². The number of hydrogen-bond donors (Lipinski definition) is 0. The number of para-hydroxylation sites is 3. The van der Waals surface area contributed by atoms with E-state index in [-0.39, 0.29) is 0 Å². The number of fused-ring (bicyclic) bond motifs is 12. The first-order chi connectivity index (χ1) is 27.8. The van der Waals surface area contributed by atoms with E-state index in [1.807, 2.05) is 0 Å². The summed E-state index contributed by atoms with van der Waals surface area (Å²) >= 11 is 0. The Balaban J connectivity index is 1.11. The van der Waals surface area contributed by atoms with Gasteiger partial charge in [0.1, 0.15) is 0 Å². The van der Waals surface area contributed by atoms with Gasteiger partial charge in [-0.25, -0.2) is 0 Å². The molecule has 0 unspecified atom stereocenters. The van der Waals surface area contributed by atoms with Crippen molar-refractivity contribution in [2.75, 3.05) is 0 Å². The summed E-state index contributed by atoms with van der Waals surface area (Å²) in [6.07, 6.45) is 0. The zero-order valence-corrected chi connectivity index (χ0v) is 30.5. The zero-order valence-electron chi connectivity index (χ0n) is 30.5. The summed E-state index contributed by atoms with van der Waals surface area (Å²) in [4.78, 5) is 0. The second-order valence-corrected chi connectivity index (χ2v) is 14.9. The molecule has 0 aliphatic rings. The third-order valence-corrected chi connectivity index (χ3v) is 11.9. The molecule has 0 bridgehead atoms. The highest BCUT2D eigenvalue weighted by molar-refractivity contribution is 6.28. The first-order valence-corrected chi connectivity index (χ1v) is 19.4. The van der Waals surface area contributed by atoms with Crippen LogP contribution in [0.5, 0.6) is 0 Å². The summed E-state index contributed by atoms with van der Waals surface area (Å²) in [6, 6.07) is 75.8. The fourth-order valence-electron chi connectivity index (χ4n) is 9.40. The van der Waals surface area contributed by atoms with Crippen molar-refractivity contribution in [3.63, 3.8) is 0 Å². The summed E-state index contributed by atoms with van der Waals surface area (Å²) in [6.45, 7) is 0. The molecule has 56 heavy (non-hydrogen) atoms. The van der Waals surface area contributed by atoms with Crippen LogP contribution in [-0.2, 0) is 0 Å². The lowest BCUT2D eigenvalue weighted by molar-refractivity contribution is 1.18. The molecule has 260 valence electrons. The minimum absolute atomic E-state index is 1.17. The lowest BCUT2D eigenvalue weighted by Crippen LogP contribution is -1.97. The van der Waals surface area contributed by atoms with Crippen molar-refractivity contribution in [1.82, 2.24) is 9.13 Å². The van der Waals surface area contributed by atoms with E-state index >= 15 is 0 Å². The normalized spacial score (nSPS) is 11.9. The first kappa shape index (κ1) is 31.0. The molecule has 2 heterocycles. The van der Waals surface area contributed by atoms with E-state index in [9.17, 15) is 0 Å². The SMILES string of the molecule is c1ccc(-c2ccc3c4ccccc4c4cccc(-n5c6ccccc6c6cc(-c7ccc8c(c7)c7ccccc7n8-c7ccccc7)ccc65)c4c3c2)cc1. The molecular weight excluding hydrogens is 677 g/mol. The predicted molar refractivity (Wildman–Crippen MR) is 239 cm³/mol. The van der Waals surface area contributed by atoms with Crippen molar-refractivity contribution >= 4 is 75.9 Å². The van der Waals surface area contributed by atoms with E-state index in [1.165, 1.54) is 110 Å². The molecule has 2 heteroatoms. The molecule has 0 aliphatic carbocycles. The maximum atomic E-state index is 2.50. The molecule has 2 aromatic heterocycles. The fourth-order valence-corrected chi connectivity index (χ4v) is 9.40. The number of aromatic nitrogens is 2. The van der Waals surface area contributed by atoms with Crippen molar-refractivity contribution in [2.24, 2.45) is 0 Å². The van der Waals surface area contributed by atoms with Crippen LogP contribution in [0.15, 0.2) is 206 Å². The van der Waals surface area contributed by atoms with Gasteiger partial charge in [0, 0.05) is 32.6 Å². The van der Waals surface area contributed by atoms with Crippen molar-refractivity contribution in [2.45, 2.75) is 0 Å². The maximum Gasteiger partial charge on any atom is 0.0547 e. The second kappa shape index (κ2) is 12.0. The van der Waals surface area contributed by atoms with Gasteiger partial charge in [0.25, 0.3) is 0 Å². The van der Waals surface area contributed by atoms with Crippen molar-refractivity contribution < 1.29 is 0 Å². The molecule has 0 atom stereocenters. The van der Waals surface area contributed by atoms with Crippen LogP contribution in [0.3, 0.4) is 0 Å². The highest BCUT2D eigenvalue weighted by Gasteiger charge is 2.19. The summed E-state index contributed by atoms with van der Waals surface area (Å²) in [5.74, 6) is 0. The molecule has 10 aromatic carbocycles. The van der Waals surface area contributed by atoms with Gasteiger partial charge in [-0.2, -0.15) is 0 Å². The van der Waals surface area contributed by atoms with Crippen LogP contribution in [0.25, 0.3) is 110 Å². The Morgan fingerprint density at radius 1 is 0.232 bits per heavy atom. The number of rotatable bonds is 4. The average molecular weight is 711 g/mol. The number of benzene rings is 10. The summed E-state index contributed by atoms with van der Waals surface area (Å²) < 4.78 is 4.88. The summed E-state index contributed by atoms with van der Waals surface area (Å²) in [7, 11) is 0. The monoisotopic (exact) mass is 710 g/mol. The molecule has 0 saturated carbocycles. The van der Waals surface area contributed by atoms with Crippen molar-refractivity contribution in [3.8, 4) is 33.6 Å². The van der Waals surface area contributed by atoms with Crippen LogP contribution in [0.2, 0.25) is 0 Å². The Labute approximate surface area is 323 Å². The smallest absolute Gasteiger partial charge is 0.0547 e. The van der Waals surface area contributed by atoms with E-state index in [2.05, 4.69) is 215 Å². The van der Waals surface area contributed by atoms with Gasteiger partial charge >= 0.3 is 0 Å². The second-order valence-electron chi connectivity index (χ2n) is 14.9. The van der Waals surface area contributed by atoms with Gasteiger partial charge in [-0.15, -0.1) is 0 Å². The molecule has 12 aromatic rings. The zero-order chi connectivity index (χ0) is 36.7. The third kappa shape index (κ3) is 4.50. The fraction of sp³-hybridized carbons (Fsp3) is 0. The Morgan fingerprint density at radius 3 is 1.36 bits per heavy atom. The minimum atomic E-state index is 1.17. The van der Waals surface area contributed by atoms with E-state index < -0.39 is 0 Å². The number of hydrogen-bond acceptors (Lipinski definition) is 0. The summed E-state index contributed by atoms with van der Waals surface area (Å²) in [5.41, 5.74) is 12.1. The quantitative estimate of drug-likeness (QED) is 0.161. The molecule has 0 amide bonds. The van der Waals surface area contributed by atoms with Crippen LogP contribution < -0.4 is 0 Å². The highest BCUT2D eigenvalue weighted by Crippen LogP contribution is 2.43. The van der Waals surface area contributed by atoms with E-state index in [0.717, 1.165) is 0 Å². The van der Waals surface area contributed by atoms with E-state index in [0.29, 0.717) is 0 Å². The Kier molecular flexibility index (Phi) is 6.66. The average Bonchev–Trinajstić information content (AvgIpc) is 3.79. The van der Waals surface area contributed by atoms with Crippen LogP contribution >= 0.6 is 0 Å². The minimum Gasteiger partial charge on any atom is -0.309 e. The standard InChI is InChI=1S/C54H34N2/c1-3-14-35(15-4-1)36-26-29-42-40-18-7-8-19-41(40)45-22-13-25-53(54(45)48(42)34-36)56-50-24-12-10-21-44(50)47-33-38(28-31-52(47)56)37-27-30-51-46(32-37)43-20-9-11-23-49(43)55(51)39-16-5-2-6-17-39/h1-34H. The van der Waals surface area contributed by atoms with Crippen LogP contribution in [0.4, 0.5) is 0 Å².